The number of fused-ring (bicyclic) bond motifs is 2. The summed E-state index contributed by atoms with van der Waals surface area (Å²) in [7, 11) is 0. The molecule has 23 heavy (non-hydrogen) atoms. The quantitative estimate of drug-likeness (QED) is 0.286. The van der Waals surface area contributed by atoms with E-state index in [4.69, 9.17) is 9.47 Å². The van der Waals surface area contributed by atoms with Crippen LogP contribution in [0.25, 0.3) is 0 Å². The van der Waals surface area contributed by atoms with Crippen molar-refractivity contribution in [2.24, 2.45) is 5.92 Å². The minimum atomic E-state index is -0.234. The minimum absolute atomic E-state index is 0.0282. The summed E-state index contributed by atoms with van der Waals surface area (Å²) in [5.74, 6) is -0.137. The molecule has 1 aliphatic carbocycles. The van der Waals surface area contributed by atoms with E-state index in [0.29, 0.717) is 11.7 Å². The van der Waals surface area contributed by atoms with Gasteiger partial charge < -0.3 is 9.47 Å². The summed E-state index contributed by atoms with van der Waals surface area (Å²) in [5, 5.41) is 0. The number of hydrogen-bond donors (Lipinski definition) is 0. The van der Waals surface area contributed by atoms with Gasteiger partial charge in [-0.1, -0.05) is 23.8 Å². The van der Waals surface area contributed by atoms with Crippen LogP contribution in [0.4, 0.5) is 0 Å². The Kier molecular flexibility index (Phi) is 4.50. The smallest absolute Gasteiger partial charge is 0.334 e. The van der Waals surface area contributed by atoms with E-state index < -0.39 is 0 Å². The molecule has 0 amide bonds. The van der Waals surface area contributed by atoms with Crippen LogP contribution in [0.5, 0.6) is 0 Å². The van der Waals surface area contributed by atoms with Gasteiger partial charge in [0.2, 0.25) is 0 Å². The Hall–Kier alpha value is -1.35. The van der Waals surface area contributed by atoms with Gasteiger partial charge in [-0.25, -0.2) is 4.79 Å². The highest BCUT2D eigenvalue weighted by Gasteiger charge is 2.52. The van der Waals surface area contributed by atoms with Crippen molar-refractivity contribution in [3.05, 3.63) is 35.5 Å². The first-order chi connectivity index (χ1) is 10.9. The number of esters is 1. The first kappa shape index (κ1) is 16.5. The lowest BCUT2D eigenvalue weighted by atomic mass is 9.86. The predicted octanol–water partition coefficient (Wildman–Crippen LogP) is 4.49. The molecule has 2 heterocycles. The maximum absolute atomic E-state index is 11.9. The largest absolute Gasteiger partial charge is 0.454 e. The first-order valence-electron chi connectivity index (χ1n) is 8.79. The molecule has 2 saturated heterocycles. The molecule has 0 saturated carbocycles. The summed E-state index contributed by atoms with van der Waals surface area (Å²) in [6.45, 7) is 10.5. The Balaban J connectivity index is 1.79. The van der Waals surface area contributed by atoms with Gasteiger partial charge >= 0.3 is 5.97 Å². The van der Waals surface area contributed by atoms with Gasteiger partial charge in [-0.2, -0.15) is 0 Å². The van der Waals surface area contributed by atoms with Crippen LogP contribution in [-0.4, -0.2) is 23.8 Å². The average molecular weight is 316 g/mol. The van der Waals surface area contributed by atoms with Crippen LogP contribution in [0, 0.1) is 5.92 Å². The highest BCUT2D eigenvalue weighted by Crippen LogP contribution is 2.46. The average Bonchev–Trinajstić information content (AvgIpc) is 3.06. The third-order valence-corrected chi connectivity index (χ3v) is 5.62. The Morgan fingerprint density at radius 2 is 2.00 bits per heavy atom. The highest BCUT2D eigenvalue weighted by atomic mass is 16.6. The van der Waals surface area contributed by atoms with Crippen molar-refractivity contribution < 1.29 is 14.3 Å². The first-order valence-corrected chi connectivity index (χ1v) is 8.79. The van der Waals surface area contributed by atoms with Crippen LogP contribution < -0.4 is 0 Å². The van der Waals surface area contributed by atoms with E-state index in [2.05, 4.69) is 39.5 Å². The number of epoxide rings is 1. The van der Waals surface area contributed by atoms with Crippen molar-refractivity contribution in [1.29, 1.82) is 0 Å². The second kappa shape index (κ2) is 6.27. The van der Waals surface area contributed by atoms with Crippen LogP contribution in [-0.2, 0) is 14.3 Å². The SMILES string of the molecule is C=C1C(=O)O[C@H]2/C=C(\C)CC/C=C(\C)CC[C@H]3O[C@@]3(C)CC[C@@H]12. The molecule has 0 unspecified atom stereocenters. The fraction of sp³-hybridized carbons (Fsp3) is 0.650. The lowest BCUT2D eigenvalue weighted by Crippen LogP contribution is -2.19. The Bertz CT molecular complexity index is 571. The second-order valence-corrected chi connectivity index (χ2v) is 7.60. The van der Waals surface area contributed by atoms with Gasteiger partial charge in [0.1, 0.15) is 6.10 Å². The van der Waals surface area contributed by atoms with Crippen LogP contribution >= 0.6 is 0 Å². The third-order valence-electron chi connectivity index (χ3n) is 5.62. The summed E-state index contributed by atoms with van der Waals surface area (Å²) in [6, 6.07) is 0. The number of ether oxygens (including phenoxy) is 2. The summed E-state index contributed by atoms with van der Waals surface area (Å²) in [6.07, 6.45) is 10.8. The molecule has 3 rings (SSSR count). The van der Waals surface area contributed by atoms with Crippen LogP contribution in [0.15, 0.2) is 35.5 Å². The molecular formula is C20H28O3. The zero-order valence-corrected chi connectivity index (χ0v) is 14.6. The molecule has 2 fully saturated rings. The standard InChI is InChI=1S/C20H28O3/c1-13-6-5-7-14(2)12-17-16(15(3)19(21)22-17)10-11-20(4)18(23-20)9-8-13/h6,12,16-18H,3,5,7-11H2,1-2,4H3/b13-6+,14-12+/t16-,17-,18+,20-/m0/s1. The molecule has 3 aliphatic rings. The van der Waals surface area contributed by atoms with Crippen molar-refractivity contribution in [3.63, 3.8) is 0 Å². The van der Waals surface area contributed by atoms with Crippen LogP contribution in [0.2, 0.25) is 0 Å². The lowest BCUT2D eigenvalue weighted by molar-refractivity contribution is -0.137. The molecule has 3 heteroatoms. The summed E-state index contributed by atoms with van der Waals surface area (Å²) in [5.41, 5.74) is 3.34. The summed E-state index contributed by atoms with van der Waals surface area (Å²) >= 11 is 0. The predicted molar refractivity (Wildman–Crippen MR) is 91.0 cm³/mol. The van der Waals surface area contributed by atoms with E-state index in [1.807, 2.05) is 0 Å². The number of carbonyl (C=O) groups excluding carboxylic acids is 1. The minimum Gasteiger partial charge on any atom is -0.454 e. The molecule has 0 aromatic carbocycles. The van der Waals surface area contributed by atoms with Gasteiger partial charge in [-0.3, -0.25) is 0 Å². The molecule has 3 nitrogen and oxygen atoms in total. The summed E-state index contributed by atoms with van der Waals surface area (Å²) < 4.78 is 11.5. The molecular weight excluding hydrogens is 288 g/mol. The molecule has 0 radical (unpaired) electrons. The van der Waals surface area contributed by atoms with Crippen molar-refractivity contribution in [3.8, 4) is 0 Å². The number of carbonyl (C=O) groups is 1. The van der Waals surface area contributed by atoms with E-state index in [9.17, 15) is 4.79 Å². The van der Waals surface area contributed by atoms with Crippen molar-refractivity contribution in [2.75, 3.05) is 0 Å². The Morgan fingerprint density at radius 1 is 1.22 bits per heavy atom. The normalized spacial score (nSPS) is 43.2. The van der Waals surface area contributed by atoms with Gasteiger partial charge in [-0.05, 0) is 65.4 Å². The maximum atomic E-state index is 11.9. The van der Waals surface area contributed by atoms with E-state index >= 15 is 0 Å². The summed E-state index contributed by atoms with van der Waals surface area (Å²) in [4.78, 5) is 11.9. The molecule has 126 valence electrons. The molecule has 0 N–H and O–H groups in total. The fourth-order valence-corrected chi connectivity index (χ4v) is 3.81. The van der Waals surface area contributed by atoms with E-state index in [-0.39, 0.29) is 23.6 Å². The van der Waals surface area contributed by atoms with Crippen molar-refractivity contribution in [1.82, 2.24) is 0 Å². The van der Waals surface area contributed by atoms with E-state index in [1.54, 1.807) is 0 Å². The molecule has 0 bridgehead atoms. The zero-order valence-electron chi connectivity index (χ0n) is 14.6. The number of allylic oxidation sites excluding steroid dienone is 3. The van der Waals surface area contributed by atoms with E-state index in [1.165, 1.54) is 11.1 Å². The van der Waals surface area contributed by atoms with Crippen molar-refractivity contribution in [2.45, 2.75) is 77.1 Å². The van der Waals surface area contributed by atoms with E-state index in [0.717, 1.165) is 38.5 Å². The molecule has 0 spiro atoms. The lowest BCUT2D eigenvalue weighted by Gasteiger charge is -2.17. The third kappa shape index (κ3) is 3.60. The second-order valence-electron chi connectivity index (χ2n) is 7.60. The van der Waals surface area contributed by atoms with Gasteiger partial charge in [0.15, 0.2) is 0 Å². The highest BCUT2D eigenvalue weighted by molar-refractivity contribution is 5.91. The van der Waals surface area contributed by atoms with Crippen molar-refractivity contribution >= 4 is 5.97 Å². The number of rotatable bonds is 0. The molecule has 2 aliphatic heterocycles. The Labute approximate surface area is 139 Å². The monoisotopic (exact) mass is 316 g/mol. The maximum Gasteiger partial charge on any atom is 0.334 e. The van der Waals surface area contributed by atoms with Gasteiger partial charge in [-0.15, -0.1) is 0 Å². The molecule has 0 aromatic rings. The van der Waals surface area contributed by atoms with Crippen LogP contribution in [0.3, 0.4) is 0 Å². The Morgan fingerprint density at radius 3 is 2.78 bits per heavy atom. The van der Waals surface area contributed by atoms with Gasteiger partial charge in [0, 0.05) is 11.5 Å². The topological polar surface area (TPSA) is 38.8 Å². The zero-order chi connectivity index (χ0) is 16.6. The fourth-order valence-electron chi connectivity index (χ4n) is 3.81. The van der Waals surface area contributed by atoms with Gasteiger partial charge in [0.25, 0.3) is 0 Å². The number of hydrogen-bond acceptors (Lipinski definition) is 3. The molecule has 0 aromatic heterocycles. The molecule has 4 atom stereocenters. The van der Waals surface area contributed by atoms with Crippen LogP contribution in [0.1, 0.15) is 59.3 Å². The van der Waals surface area contributed by atoms with Gasteiger partial charge in [0.05, 0.1) is 11.7 Å².